The first-order valence-corrected chi connectivity index (χ1v) is 6.44. The van der Waals surface area contributed by atoms with E-state index in [2.05, 4.69) is 12.2 Å². The number of pyridine rings is 1. The normalized spacial score (nSPS) is 11.8. The van der Waals surface area contributed by atoms with Gasteiger partial charge in [0, 0.05) is 19.2 Å². The lowest BCUT2D eigenvalue weighted by molar-refractivity contribution is -0.144. The molecular weight excluding hydrogens is 257 g/mol. The number of halogens is 3. The first-order valence-electron chi connectivity index (χ1n) is 6.44. The van der Waals surface area contributed by atoms with Crippen LogP contribution in [-0.4, -0.2) is 17.7 Å². The molecule has 0 aliphatic heterocycles. The topological polar surface area (TPSA) is 34.0 Å². The summed E-state index contributed by atoms with van der Waals surface area (Å²) in [4.78, 5) is 11.5. The number of rotatable bonds is 7. The number of unbranched alkanes of at least 4 members (excludes halogenated alkanes) is 2. The Balaban J connectivity index is 2.60. The average Bonchev–Trinajstić information content (AvgIpc) is 2.33. The highest BCUT2D eigenvalue weighted by molar-refractivity contribution is 5.10. The van der Waals surface area contributed by atoms with Crippen molar-refractivity contribution in [2.75, 3.05) is 13.1 Å². The van der Waals surface area contributed by atoms with Gasteiger partial charge in [-0.1, -0.05) is 25.8 Å². The highest BCUT2D eigenvalue weighted by atomic mass is 19.4. The predicted molar refractivity (Wildman–Crippen MR) is 68.1 cm³/mol. The van der Waals surface area contributed by atoms with Gasteiger partial charge in [-0.05, 0) is 19.0 Å². The number of nitrogens with one attached hydrogen (secondary N) is 1. The summed E-state index contributed by atoms with van der Waals surface area (Å²) >= 11 is 0. The largest absolute Gasteiger partial charge is 0.431 e. The minimum Gasteiger partial charge on any atom is -0.315 e. The molecular formula is C13H19F3N2O. The van der Waals surface area contributed by atoms with Gasteiger partial charge in [0.1, 0.15) is 5.69 Å². The van der Waals surface area contributed by atoms with Crippen molar-refractivity contribution >= 4 is 0 Å². The highest BCUT2D eigenvalue weighted by Gasteiger charge is 2.33. The molecule has 1 rings (SSSR count). The van der Waals surface area contributed by atoms with E-state index in [1.54, 1.807) is 0 Å². The summed E-state index contributed by atoms with van der Waals surface area (Å²) in [6, 6.07) is 3.21. The zero-order chi connectivity index (χ0) is 14.3. The molecule has 0 aromatic carbocycles. The Hall–Kier alpha value is -1.30. The third kappa shape index (κ3) is 5.06. The summed E-state index contributed by atoms with van der Waals surface area (Å²) in [5.74, 6) is 0. The van der Waals surface area contributed by atoms with E-state index >= 15 is 0 Å². The van der Waals surface area contributed by atoms with E-state index < -0.39 is 17.4 Å². The second-order valence-electron chi connectivity index (χ2n) is 4.36. The van der Waals surface area contributed by atoms with Crippen LogP contribution in [0.4, 0.5) is 13.2 Å². The van der Waals surface area contributed by atoms with Crippen molar-refractivity contribution in [3.05, 3.63) is 34.2 Å². The van der Waals surface area contributed by atoms with Gasteiger partial charge < -0.3 is 9.88 Å². The van der Waals surface area contributed by atoms with Crippen molar-refractivity contribution in [3.63, 3.8) is 0 Å². The number of hydrogen-bond acceptors (Lipinski definition) is 2. The Morgan fingerprint density at radius 2 is 1.95 bits per heavy atom. The molecule has 0 aliphatic rings. The Kier molecular flexibility index (Phi) is 6.08. The fourth-order valence-electron chi connectivity index (χ4n) is 1.81. The standard InChI is InChI=1S/C13H19F3N2O/c1-2-3-4-8-17-9-10-18-11(13(14,15)16)6-5-7-12(18)19/h5-7,17H,2-4,8-10H2,1H3. The molecule has 1 N–H and O–H groups in total. The SMILES string of the molecule is CCCCCNCCn1c(C(F)(F)F)cccc1=O. The molecule has 0 radical (unpaired) electrons. The van der Waals surface area contributed by atoms with Gasteiger partial charge in [-0.2, -0.15) is 13.2 Å². The summed E-state index contributed by atoms with van der Waals surface area (Å²) in [6.45, 7) is 3.23. The van der Waals surface area contributed by atoms with Crippen LogP contribution in [0.1, 0.15) is 31.9 Å². The van der Waals surface area contributed by atoms with E-state index in [-0.39, 0.29) is 6.54 Å². The molecule has 0 fully saturated rings. The summed E-state index contributed by atoms with van der Waals surface area (Å²) < 4.78 is 38.9. The van der Waals surface area contributed by atoms with E-state index in [4.69, 9.17) is 0 Å². The van der Waals surface area contributed by atoms with Crippen LogP contribution in [0.5, 0.6) is 0 Å². The van der Waals surface area contributed by atoms with Crippen LogP contribution in [-0.2, 0) is 12.7 Å². The first kappa shape index (κ1) is 15.8. The van der Waals surface area contributed by atoms with Gasteiger partial charge in [0.05, 0.1) is 0 Å². The maximum atomic E-state index is 12.7. The van der Waals surface area contributed by atoms with Crippen LogP contribution in [0.15, 0.2) is 23.0 Å². The maximum Gasteiger partial charge on any atom is 0.431 e. The monoisotopic (exact) mass is 276 g/mol. The molecule has 0 saturated heterocycles. The third-order valence-electron chi connectivity index (χ3n) is 2.81. The smallest absolute Gasteiger partial charge is 0.315 e. The maximum absolute atomic E-state index is 12.7. The average molecular weight is 276 g/mol. The van der Waals surface area contributed by atoms with E-state index in [0.717, 1.165) is 48.6 Å². The third-order valence-corrected chi connectivity index (χ3v) is 2.81. The molecule has 0 amide bonds. The fraction of sp³-hybridized carbons (Fsp3) is 0.615. The van der Waals surface area contributed by atoms with Crippen LogP contribution < -0.4 is 10.9 Å². The zero-order valence-corrected chi connectivity index (χ0v) is 11.0. The summed E-state index contributed by atoms with van der Waals surface area (Å²) in [5, 5.41) is 3.05. The second-order valence-corrected chi connectivity index (χ2v) is 4.36. The van der Waals surface area contributed by atoms with E-state index in [0.29, 0.717) is 6.54 Å². The molecule has 1 aromatic heterocycles. The molecule has 0 bridgehead atoms. The van der Waals surface area contributed by atoms with Crippen molar-refractivity contribution in [3.8, 4) is 0 Å². The minimum absolute atomic E-state index is 0.0284. The highest BCUT2D eigenvalue weighted by Crippen LogP contribution is 2.27. The van der Waals surface area contributed by atoms with E-state index in [1.807, 2.05) is 0 Å². The van der Waals surface area contributed by atoms with Gasteiger partial charge in [-0.25, -0.2) is 0 Å². The Labute approximate surface area is 110 Å². The van der Waals surface area contributed by atoms with E-state index in [1.165, 1.54) is 0 Å². The number of aromatic nitrogens is 1. The van der Waals surface area contributed by atoms with Gasteiger partial charge in [0.15, 0.2) is 0 Å². The number of hydrogen-bond donors (Lipinski definition) is 1. The summed E-state index contributed by atoms with van der Waals surface area (Å²) in [6.07, 6.45) is -1.32. The molecule has 3 nitrogen and oxygen atoms in total. The Morgan fingerprint density at radius 1 is 1.21 bits per heavy atom. The molecule has 0 spiro atoms. The second kappa shape index (κ2) is 7.33. The van der Waals surface area contributed by atoms with Crippen LogP contribution >= 0.6 is 0 Å². The molecule has 6 heteroatoms. The Bertz CT molecular complexity index is 440. The van der Waals surface area contributed by atoms with Gasteiger partial charge in [0.25, 0.3) is 5.56 Å². The van der Waals surface area contributed by atoms with E-state index in [9.17, 15) is 18.0 Å². The van der Waals surface area contributed by atoms with Crippen LogP contribution in [0.2, 0.25) is 0 Å². The summed E-state index contributed by atoms with van der Waals surface area (Å²) in [7, 11) is 0. The number of nitrogens with zero attached hydrogens (tertiary/aromatic N) is 1. The van der Waals surface area contributed by atoms with Crippen LogP contribution in [0.3, 0.4) is 0 Å². The molecule has 19 heavy (non-hydrogen) atoms. The molecule has 0 aliphatic carbocycles. The van der Waals surface area contributed by atoms with Crippen molar-refractivity contribution < 1.29 is 13.2 Å². The lowest BCUT2D eigenvalue weighted by Crippen LogP contribution is -2.31. The van der Waals surface area contributed by atoms with Crippen molar-refractivity contribution in [1.29, 1.82) is 0 Å². The predicted octanol–water partition coefficient (Wildman–Crippen LogP) is 2.65. The fourth-order valence-corrected chi connectivity index (χ4v) is 1.81. The quantitative estimate of drug-likeness (QED) is 0.777. The van der Waals surface area contributed by atoms with Crippen LogP contribution in [0.25, 0.3) is 0 Å². The van der Waals surface area contributed by atoms with Gasteiger partial charge >= 0.3 is 6.18 Å². The molecule has 1 heterocycles. The van der Waals surface area contributed by atoms with Crippen molar-refractivity contribution in [2.45, 2.75) is 38.9 Å². The summed E-state index contributed by atoms with van der Waals surface area (Å²) in [5.41, 5.74) is -1.51. The van der Waals surface area contributed by atoms with Gasteiger partial charge in [-0.15, -0.1) is 0 Å². The van der Waals surface area contributed by atoms with Crippen molar-refractivity contribution in [1.82, 2.24) is 9.88 Å². The molecule has 1 aromatic rings. The first-order chi connectivity index (χ1) is 8.96. The minimum atomic E-state index is -4.50. The van der Waals surface area contributed by atoms with Gasteiger partial charge in [-0.3, -0.25) is 4.79 Å². The van der Waals surface area contributed by atoms with Crippen LogP contribution in [0, 0.1) is 0 Å². The molecule has 0 unspecified atom stereocenters. The zero-order valence-electron chi connectivity index (χ0n) is 11.0. The van der Waals surface area contributed by atoms with Crippen molar-refractivity contribution in [2.24, 2.45) is 0 Å². The Morgan fingerprint density at radius 3 is 2.58 bits per heavy atom. The number of alkyl halides is 3. The molecule has 0 saturated carbocycles. The lowest BCUT2D eigenvalue weighted by Gasteiger charge is -2.15. The molecule has 0 atom stereocenters. The molecule has 108 valence electrons. The lowest BCUT2D eigenvalue weighted by atomic mass is 10.2. The van der Waals surface area contributed by atoms with Gasteiger partial charge in [0.2, 0.25) is 0 Å².